The largest absolute Gasteiger partial charge is 0.445 e. The molecule has 2 aromatic rings. The molecular weight excluding hydrogens is 278 g/mol. The SMILES string of the molecule is O=C(NCCCO)OCc1cccc2c1Cc1ccccc1-2. The number of benzene rings is 2. The zero-order valence-corrected chi connectivity index (χ0v) is 12.3. The minimum atomic E-state index is -0.443. The lowest BCUT2D eigenvalue weighted by Crippen LogP contribution is -2.25. The molecule has 0 atom stereocenters. The number of nitrogens with one attached hydrogen (secondary N) is 1. The molecule has 1 amide bonds. The van der Waals surface area contributed by atoms with Gasteiger partial charge in [-0.25, -0.2) is 4.79 Å². The maximum absolute atomic E-state index is 11.6. The van der Waals surface area contributed by atoms with Crippen LogP contribution in [0.3, 0.4) is 0 Å². The van der Waals surface area contributed by atoms with Gasteiger partial charge in [-0.15, -0.1) is 0 Å². The third-order valence-corrected chi connectivity index (χ3v) is 3.91. The highest BCUT2D eigenvalue weighted by Gasteiger charge is 2.20. The van der Waals surface area contributed by atoms with Gasteiger partial charge in [0, 0.05) is 13.2 Å². The average molecular weight is 297 g/mol. The van der Waals surface area contributed by atoms with E-state index >= 15 is 0 Å². The van der Waals surface area contributed by atoms with Crippen molar-refractivity contribution in [1.82, 2.24) is 5.32 Å². The highest BCUT2D eigenvalue weighted by atomic mass is 16.5. The summed E-state index contributed by atoms with van der Waals surface area (Å²) >= 11 is 0. The fraction of sp³-hybridized carbons (Fsp3) is 0.278. The molecular formula is C18H19NO3. The van der Waals surface area contributed by atoms with E-state index in [0.29, 0.717) is 13.0 Å². The number of alkyl carbamates (subject to hydrolysis) is 1. The van der Waals surface area contributed by atoms with Crippen LogP contribution in [0.2, 0.25) is 0 Å². The number of aliphatic hydroxyl groups excluding tert-OH is 1. The predicted molar refractivity (Wildman–Crippen MR) is 84.6 cm³/mol. The Kier molecular flexibility index (Phi) is 4.39. The topological polar surface area (TPSA) is 58.6 Å². The molecule has 0 fully saturated rings. The highest BCUT2D eigenvalue weighted by molar-refractivity contribution is 5.78. The van der Waals surface area contributed by atoms with E-state index in [1.54, 1.807) is 0 Å². The van der Waals surface area contributed by atoms with Crippen molar-refractivity contribution in [2.24, 2.45) is 0 Å². The first-order valence-electron chi connectivity index (χ1n) is 7.50. The number of fused-ring (bicyclic) bond motifs is 3. The molecule has 0 saturated carbocycles. The van der Waals surface area contributed by atoms with Crippen LogP contribution in [0.25, 0.3) is 11.1 Å². The lowest BCUT2D eigenvalue weighted by Gasteiger charge is -2.10. The van der Waals surface area contributed by atoms with Gasteiger partial charge < -0.3 is 15.2 Å². The summed E-state index contributed by atoms with van der Waals surface area (Å²) in [6.45, 7) is 0.751. The van der Waals surface area contributed by atoms with Gasteiger partial charge in [0.15, 0.2) is 0 Å². The van der Waals surface area contributed by atoms with Gasteiger partial charge in [-0.05, 0) is 40.7 Å². The molecule has 2 aromatic carbocycles. The number of aliphatic hydroxyl groups is 1. The van der Waals surface area contributed by atoms with Gasteiger partial charge in [-0.2, -0.15) is 0 Å². The van der Waals surface area contributed by atoms with Crippen LogP contribution in [-0.2, 0) is 17.8 Å². The highest BCUT2D eigenvalue weighted by Crippen LogP contribution is 2.38. The molecule has 0 bridgehead atoms. The van der Waals surface area contributed by atoms with Crippen LogP contribution >= 0.6 is 0 Å². The minimum Gasteiger partial charge on any atom is -0.445 e. The number of ether oxygens (including phenoxy) is 1. The number of carbonyl (C=O) groups is 1. The number of amides is 1. The third kappa shape index (κ3) is 2.97. The first-order chi connectivity index (χ1) is 10.8. The van der Waals surface area contributed by atoms with E-state index in [0.717, 1.165) is 12.0 Å². The summed E-state index contributed by atoms with van der Waals surface area (Å²) in [4.78, 5) is 11.6. The Morgan fingerprint density at radius 1 is 1.14 bits per heavy atom. The second-order valence-corrected chi connectivity index (χ2v) is 5.36. The van der Waals surface area contributed by atoms with E-state index in [1.165, 1.54) is 22.3 Å². The van der Waals surface area contributed by atoms with Gasteiger partial charge in [-0.1, -0.05) is 42.5 Å². The second-order valence-electron chi connectivity index (χ2n) is 5.36. The average Bonchev–Trinajstić information content (AvgIpc) is 2.92. The van der Waals surface area contributed by atoms with Crippen LogP contribution in [0.1, 0.15) is 23.1 Å². The number of carbonyl (C=O) groups excluding carboxylic acids is 1. The molecule has 4 nitrogen and oxygen atoms in total. The molecule has 114 valence electrons. The normalized spacial score (nSPS) is 11.7. The summed E-state index contributed by atoms with van der Waals surface area (Å²) in [6, 6.07) is 14.5. The Labute approximate surface area is 129 Å². The molecule has 0 aromatic heterocycles. The van der Waals surface area contributed by atoms with Gasteiger partial charge in [-0.3, -0.25) is 0 Å². The lowest BCUT2D eigenvalue weighted by atomic mass is 10.0. The van der Waals surface area contributed by atoms with Crippen molar-refractivity contribution in [2.75, 3.05) is 13.2 Å². The van der Waals surface area contributed by atoms with E-state index in [1.807, 2.05) is 18.2 Å². The van der Waals surface area contributed by atoms with Gasteiger partial charge in [0.1, 0.15) is 6.61 Å². The summed E-state index contributed by atoms with van der Waals surface area (Å²) in [6.07, 6.45) is 0.976. The molecule has 0 unspecified atom stereocenters. The van der Waals surface area contributed by atoms with E-state index in [2.05, 4.69) is 29.6 Å². The molecule has 4 heteroatoms. The fourth-order valence-electron chi connectivity index (χ4n) is 2.82. The second kappa shape index (κ2) is 6.62. The van der Waals surface area contributed by atoms with E-state index < -0.39 is 6.09 Å². The molecule has 1 aliphatic rings. The van der Waals surface area contributed by atoms with Gasteiger partial charge in [0.05, 0.1) is 0 Å². The van der Waals surface area contributed by atoms with Crippen molar-refractivity contribution >= 4 is 6.09 Å². The number of hydrogen-bond donors (Lipinski definition) is 2. The Hall–Kier alpha value is -2.33. The summed E-state index contributed by atoms with van der Waals surface area (Å²) in [5, 5.41) is 11.3. The summed E-state index contributed by atoms with van der Waals surface area (Å²) < 4.78 is 5.27. The third-order valence-electron chi connectivity index (χ3n) is 3.91. The standard InChI is InChI=1S/C18H19NO3/c20-10-4-9-19-18(21)22-12-14-6-3-8-16-15-7-2-1-5-13(15)11-17(14)16/h1-3,5-8,20H,4,9-12H2,(H,19,21). The predicted octanol–water partition coefficient (Wildman–Crippen LogP) is 2.87. The van der Waals surface area contributed by atoms with E-state index in [4.69, 9.17) is 9.84 Å². The van der Waals surface area contributed by atoms with Gasteiger partial charge in [0.2, 0.25) is 0 Å². The van der Waals surface area contributed by atoms with Gasteiger partial charge >= 0.3 is 6.09 Å². The van der Waals surface area contributed by atoms with Crippen molar-refractivity contribution in [3.05, 3.63) is 59.2 Å². The Morgan fingerprint density at radius 2 is 1.95 bits per heavy atom. The summed E-state index contributed by atoms with van der Waals surface area (Å²) in [5.41, 5.74) is 6.11. The summed E-state index contributed by atoms with van der Waals surface area (Å²) in [7, 11) is 0. The molecule has 1 aliphatic carbocycles. The lowest BCUT2D eigenvalue weighted by molar-refractivity contribution is 0.138. The van der Waals surface area contributed by atoms with Crippen molar-refractivity contribution in [3.63, 3.8) is 0 Å². The fourth-order valence-corrected chi connectivity index (χ4v) is 2.82. The summed E-state index contributed by atoms with van der Waals surface area (Å²) in [5.74, 6) is 0. The van der Waals surface area contributed by atoms with Crippen LogP contribution in [0, 0.1) is 0 Å². The molecule has 22 heavy (non-hydrogen) atoms. The van der Waals surface area contributed by atoms with Crippen LogP contribution in [-0.4, -0.2) is 24.4 Å². The molecule has 0 heterocycles. The molecule has 0 radical (unpaired) electrons. The smallest absolute Gasteiger partial charge is 0.407 e. The molecule has 0 saturated heterocycles. The Morgan fingerprint density at radius 3 is 2.82 bits per heavy atom. The van der Waals surface area contributed by atoms with Crippen molar-refractivity contribution in [2.45, 2.75) is 19.4 Å². The first kappa shape index (κ1) is 14.6. The van der Waals surface area contributed by atoms with Crippen LogP contribution < -0.4 is 5.32 Å². The first-order valence-corrected chi connectivity index (χ1v) is 7.50. The van der Waals surface area contributed by atoms with Crippen LogP contribution in [0.15, 0.2) is 42.5 Å². The number of hydrogen-bond acceptors (Lipinski definition) is 3. The van der Waals surface area contributed by atoms with Crippen molar-refractivity contribution in [1.29, 1.82) is 0 Å². The van der Waals surface area contributed by atoms with E-state index in [-0.39, 0.29) is 13.2 Å². The van der Waals surface area contributed by atoms with E-state index in [9.17, 15) is 4.79 Å². The maximum Gasteiger partial charge on any atom is 0.407 e. The Balaban J connectivity index is 1.68. The molecule has 0 aliphatic heterocycles. The number of rotatable bonds is 5. The van der Waals surface area contributed by atoms with Crippen molar-refractivity contribution in [3.8, 4) is 11.1 Å². The molecule has 0 spiro atoms. The quantitative estimate of drug-likeness (QED) is 0.712. The monoisotopic (exact) mass is 297 g/mol. The minimum absolute atomic E-state index is 0.0603. The zero-order valence-electron chi connectivity index (χ0n) is 12.3. The van der Waals surface area contributed by atoms with Crippen LogP contribution in [0.5, 0.6) is 0 Å². The molecule has 2 N–H and O–H groups in total. The van der Waals surface area contributed by atoms with Crippen molar-refractivity contribution < 1.29 is 14.6 Å². The zero-order chi connectivity index (χ0) is 15.4. The van der Waals surface area contributed by atoms with Crippen LogP contribution in [0.4, 0.5) is 4.79 Å². The molecule has 3 rings (SSSR count). The van der Waals surface area contributed by atoms with Gasteiger partial charge in [0.25, 0.3) is 0 Å². The maximum atomic E-state index is 11.6. The Bertz CT molecular complexity index is 682.